The van der Waals surface area contributed by atoms with E-state index in [-0.39, 0.29) is 0 Å². The average molecular weight is 264 g/mol. The lowest BCUT2D eigenvalue weighted by Crippen LogP contribution is -2.42. The van der Waals surface area contributed by atoms with Gasteiger partial charge in [-0.1, -0.05) is 11.6 Å². The molecule has 0 amide bonds. The highest BCUT2D eigenvalue weighted by Crippen LogP contribution is 2.31. The first-order valence-corrected chi connectivity index (χ1v) is 7.59. The summed E-state index contributed by atoms with van der Waals surface area (Å²) < 4.78 is 5.14. The van der Waals surface area contributed by atoms with E-state index in [4.69, 9.17) is 4.52 Å². The fourth-order valence-electron chi connectivity index (χ4n) is 3.61. The molecule has 5 nitrogen and oxygen atoms in total. The van der Waals surface area contributed by atoms with E-state index in [1.165, 1.54) is 38.6 Å². The zero-order valence-electron chi connectivity index (χ0n) is 11.7. The quantitative estimate of drug-likeness (QED) is 0.842. The Morgan fingerprint density at radius 2 is 2.26 bits per heavy atom. The van der Waals surface area contributed by atoms with Gasteiger partial charge in [-0.05, 0) is 45.1 Å². The van der Waals surface area contributed by atoms with Crippen LogP contribution >= 0.6 is 0 Å². The number of rotatable bonds is 5. The van der Waals surface area contributed by atoms with Crippen molar-refractivity contribution in [1.82, 2.24) is 20.8 Å². The molecule has 0 spiro atoms. The molecule has 106 valence electrons. The van der Waals surface area contributed by atoms with Gasteiger partial charge in [0.2, 0.25) is 5.89 Å². The van der Waals surface area contributed by atoms with Crippen molar-refractivity contribution in [2.75, 3.05) is 13.1 Å². The fraction of sp³-hybridized carbons (Fsp3) is 0.857. The smallest absolute Gasteiger partial charge is 0.227 e. The van der Waals surface area contributed by atoms with Crippen molar-refractivity contribution in [3.63, 3.8) is 0 Å². The standard InChI is InChI=1S/C14H24N4O/c1-10-17-14(19-18-10)7-9-16-12-5-2-4-11(12)13-6-3-8-15-13/h11-13,15-16H,2-9H2,1H3. The van der Waals surface area contributed by atoms with E-state index < -0.39 is 0 Å². The van der Waals surface area contributed by atoms with Crippen LogP contribution in [0.15, 0.2) is 4.52 Å². The SMILES string of the molecule is Cc1noc(CCNC2CCCC2C2CCCN2)n1. The van der Waals surface area contributed by atoms with Crippen molar-refractivity contribution >= 4 is 0 Å². The first-order valence-electron chi connectivity index (χ1n) is 7.59. The van der Waals surface area contributed by atoms with Gasteiger partial charge in [-0.15, -0.1) is 0 Å². The Labute approximate surface area is 114 Å². The number of aryl methyl sites for hydroxylation is 1. The van der Waals surface area contributed by atoms with Gasteiger partial charge in [-0.25, -0.2) is 0 Å². The largest absolute Gasteiger partial charge is 0.339 e. The molecule has 0 bridgehead atoms. The van der Waals surface area contributed by atoms with Gasteiger partial charge in [0.1, 0.15) is 0 Å². The Hall–Kier alpha value is -0.940. The minimum Gasteiger partial charge on any atom is -0.339 e. The number of nitrogens with zero attached hydrogens (tertiary/aromatic N) is 2. The summed E-state index contributed by atoms with van der Waals surface area (Å²) in [5, 5.41) is 11.2. The van der Waals surface area contributed by atoms with Crippen molar-refractivity contribution in [3.05, 3.63) is 11.7 Å². The molecule has 1 saturated carbocycles. The van der Waals surface area contributed by atoms with Gasteiger partial charge < -0.3 is 15.2 Å². The van der Waals surface area contributed by atoms with E-state index in [2.05, 4.69) is 20.8 Å². The fourth-order valence-corrected chi connectivity index (χ4v) is 3.61. The molecule has 19 heavy (non-hydrogen) atoms. The predicted molar refractivity (Wildman–Crippen MR) is 72.9 cm³/mol. The summed E-state index contributed by atoms with van der Waals surface area (Å²) in [5.41, 5.74) is 0. The second kappa shape index (κ2) is 6.01. The summed E-state index contributed by atoms with van der Waals surface area (Å²) in [6.07, 6.45) is 7.57. The van der Waals surface area contributed by atoms with Crippen LogP contribution in [0.4, 0.5) is 0 Å². The minimum absolute atomic E-state index is 0.666. The van der Waals surface area contributed by atoms with Crippen LogP contribution in [0.2, 0.25) is 0 Å². The molecule has 2 fully saturated rings. The lowest BCUT2D eigenvalue weighted by Gasteiger charge is -2.26. The summed E-state index contributed by atoms with van der Waals surface area (Å²) in [5.74, 6) is 2.29. The molecule has 3 unspecified atom stereocenters. The normalized spacial score (nSPS) is 31.1. The zero-order chi connectivity index (χ0) is 13.1. The predicted octanol–water partition coefficient (Wildman–Crippen LogP) is 1.43. The zero-order valence-corrected chi connectivity index (χ0v) is 11.7. The van der Waals surface area contributed by atoms with Gasteiger partial charge in [0.15, 0.2) is 5.82 Å². The van der Waals surface area contributed by atoms with Gasteiger partial charge >= 0.3 is 0 Å². The second-order valence-corrected chi connectivity index (χ2v) is 5.84. The highest BCUT2D eigenvalue weighted by molar-refractivity contribution is 4.93. The molecular weight excluding hydrogens is 240 g/mol. The van der Waals surface area contributed by atoms with Crippen LogP contribution in [0, 0.1) is 12.8 Å². The van der Waals surface area contributed by atoms with Gasteiger partial charge in [0.05, 0.1) is 0 Å². The van der Waals surface area contributed by atoms with Crippen LogP contribution in [0.1, 0.15) is 43.8 Å². The first-order chi connectivity index (χ1) is 9.33. The molecule has 0 radical (unpaired) electrons. The summed E-state index contributed by atoms with van der Waals surface area (Å²) in [6.45, 7) is 4.00. The van der Waals surface area contributed by atoms with E-state index in [1.807, 2.05) is 6.92 Å². The molecule has 1 aromatic heterocycles. The van der Waals surface area contributed by atoms with Crippen LogP contribution in [0.5, 0.6) is 0 Å². The van der Waals surface area contributed by atoms with Crippen LogP contribution < -0.4 is 10.6 Å². The Morgan fingerprint density at radius 3 is 3.00 bits per heavy atom. The Morgan fingerprint density at radius 1 is 1.32 bits per heavy atom. The third-order valence-corrected chi connectivity index (χ3v) is 4.50. The molecule has 5 heteroatoms. The molecule has 1 aliphatic carbocycles. The summed E-state index contributed by atoms with van der Waals surface area (Å²) in [7, 11) is 0. The van der Waals surface area contributed by atoms with Crippen molar-refractivity contribution in [3.8, 4) is 0 Å². The topological polar surface area (TPSA) is 63.0 Å². The number of hydrogen-bond donors (Lipinski definition) is 2. The molecule has 2 aliphatic rings. The van der Waals surface area contributed by atoms with Crippen LogP contribution in [-0.4, -0.2) is 35.3 Å². The van der Waals surface area contributed by atoms with Gasteiger partial charge in [-0.3, -0.25) is 0 Å². The monoisotopic (exact) mass is 264 g/mol. The number of aromatic nitrogens is 2. The van der Waals surface area contributed by atoms with Crippen molar-refractivity contribution in [2.24, 2.45) is 5.92 Å². The molecule has 1 saturated heterocycles. The highest BCUT2D eigenvalue weighted by Gasteiger charge is 2.34. The number of nitrogens with one attached hydrogen (secondary N) is 2. The minimum atomic E-state index is 0.666. The Balaban J connectivity index is 1.46. The molecule has 2 heterocycles. The maximum absolute atomic E-state index is 5.14. The molecular formula is C14H24N4O. The van der Waals surface area contributed by atoms with Crippen molar-refractivity contribution in [2.45, 2.75) is 57.5 Å². The van der Waals surface area contributed by atoms with E-state index in [9.17, 15) is 0 Å². The van der Waals surface area contributed by atoms with Crippen molar-refractivity contribution in [1.29, 1.82) is 0 Å². The summed E-state index contributed by atoms with van der Waals surface area (Å²) in [4.78, 5) is 4.24. The van der Waals surface area contributed by atoms with Gasteiger partial charge in [-0.2, -0.15) is 4.98 Å². The van der Waals surface area contributed by atoms with Crippen LogP contribution in [-0.2, 0) is 6.42 Å². The summed E-state index contributed by atoms with van der Waals surface area (Å²) in [6, 6.07) is 1.41. The molecule has 1 aromatic rings. The van der Waals surface area contributed by atoms with Crippen molar-refractivity contribution < 1.29 is 4.52 Å². The number of hydrogen-bond acceptors (Lipinski definition) is 5. The van der Waals surface area contributed by atoms with E-state index >= 15 is 0 Å². The van der Waals surface area contributed by atoms with Crippen LogP contribution in [0.3, 0.4) is 0 Å². The maximum Gasteiger partial charge on any atom is 0.227 e. The third-order valence-electron chi connectivity index (χ3n) is 4.50. The lowest BCUT2D eigenvalue weighted by molar-refractivity contribution is 0.315. The first kappa shape index (κ1) is 13.1. The van der Waals surface area contributed by atoms with E-state index in [0.717, 1.165) is 36.6 Å². The van der Waals surface area contributed by atoms with E-state index in [1.54, 1.807) is 0 Å². The van der Waals surface area contributed by atoms with E-state index in [0.29, 0.717) is 6.04 Å². The third kappa shape index (κ3) is 3.15. The van der Waals surface area contributed by atoms with Crippen LogP contribution in [0.25, 0.3) is 0 Å². The average Bonchev–Trinajstić information content (AvgIpc) is 3.09. The lowest BCUT2D eigenvalue weighted by atomic mass is 9.93. The molecule has 3 atom stereocenters. The second-order valence-electron chi connectivity index (χ2n) is 5.84. The Bertz CT molecular complexity index is 400. The maximum atomic E-state index is 5.14. The Kier molecular flexibility index (Phi) is 4.13. The summed E-state index contributed by atoms with van der Waals surface area (Å²) >= 11 is 0. The van der Waals surface area contributed by atoms with Gasteiger partial charge in [0, 0.05) is 25.0 Å². The molecule has 2 N–H and O–H groups in total. The van der Waals surface area contributed by atoms with Gasteiger partial charge in [0.25, 0.3) is 0 Å². The molecule has 3 rings (SSSR count). The highest BCUT2D eigenvalue weighted by atomic mass is 16.5. The molecule has 0 aromatic carbocycles. The molecule has 1 aliphatic heterocycles.